The molecule has 0 radical (unpaired) electrons. The van der Waals surface area contributed by atoms with Crippen LogP contribution in [0.3, 0.4) is 0 Å². The first kappa shape index (κ1) is 20.9. The molecule has 6 heteroatoms. The summed E-state index contributed by atoms with van der Waals surface area (Å²) in [4.78, 5) is 41.8. The molecule has 1 N–H and O–H groups in total. The van der Waals surface area contributed by atoms with Crippen LogP contribution < -0.4 is 10.2 Å². The van der Waals surface area contributed by atoms with Crippen LogP contribution in [0, 0.1) is 11.8 Å². The van der Waals surface area contributed by atoms with Crippen LogP contribution in [-0.4, -0.2) is 48.8 Å². The predicted octanol–water partition coefficient (Wildman–Crippen LogP) is 3.36. The summed E-state index contributed by atoms with van der Waals surface area (Å²) in [5, 5.41) is 3.14. The standard InChI is InChI=1S/C24H33N3O3/c1-26(23(29)18-11-12-18)21-10-6-5-9-20(21)22(28)25-19-13-15-27(16-14-19)24(30)17-7-3-2-4-8-17/h5-6,9-10,17-19H,2-4,7-8,11-16H2,1H3,(H,25,28). The first-order valence-corrected chi connectivity index (χ1v) is 11.5. The maximum atomic E-state index is 13.0. The van der Waals surface area contributed by atoms with E-state index in [0.717, 1.165) is 38.5 Å². The zero-order valence-electron chi connectivity index (χ0n) is 17.9. The molecule has 4 rings (SSSR count). The third-order valence-corrected chi connectivity index (χ3v) is 6.86. The Morgan fingerprint density at radius 3 is 2.23 bits per heavy atom. The van der Waals surface area contributed by atoms with Crippen LogP contribution in [0.25, 0.3) is 0 Å². The number of hydrogen-bond acceptors (Lipinski definition) is 3. The highest BCUT2D eigenvalue weighted by atomic mass is 16.2. The van der Waals surface area contributed by atoms with Gasteiger partial charge in [-0.05, 0) is 50.7 Å². The van der Waals surface area contributed by atoms with Gasteiger partial charge in [0.15, 0.2) is 0 Å². The molecule has 0 spiro atoms. The molecule has 0 aromatic heterocycles. The number of carbonyl (C=O) groups is 3. The van der Waals surface area contributed by atoms with E-state index in [2.05, 4.69) is 5.32 Å². The molecule has 1 saturated heterocycles. The highest BCUT2D eigenvalue weighted by Crippen LogP contribution is 2.33. The molecule has 2 aliphatic carbocycles. The minimum absolute atomic E-state index is 0.0606. The van der Waals surface area contributed by atoms with Crippen LogP contribution in [0.1, 0.15) is 68.1 Å². The van der Waals surface area contributed by atoms with Gasteiger partial charge in [0.2, 0.25) is 11.8 Å². The van der Waals surface area contributed by atoms with Gasteiger partial charge in [0, 0.05) is 38.0 Å². The summed E-state index contributed by atoms with van der Waals surface area (Å²) in [6.07, 6.45) is 9.08. The summed E-state index contributed by atoms with van der Waals surface area (Å²) in [6, 6.07) is 7.37. The average Bonchev–Trinajstić information content (AvgIpc) is 3.64. The van der Waals surface area contributed by atoms with Gasteiger partial charge >= 0.3 is 0 Å². The van der Waals surface area contributed by atoms with Crippen molar-refractivity contribution in [2.75, 3.05) is 25.0 Å². The second kappa shape index (κ2) is 9.19. The predicted molar refractivity (Wildman–Crippen MR) is 116 cm³/mol. The van der Waals surface area contributed by atoms with Gasteiger partial charge in [-0.15, -0.1) is 0 Å². The fraction of sp³-hybridized carbons (Fsp3) is 0.625. The molecule has 162 valence electrons. The molecule has 0 bridgehead atoms. The molecule has 1 aromatic rings. The Labute approximate surface area is 179 Å². The Kier molecular flexibility index (Phi) is 6.40. The van der Waals surface area contributed by atoms with Crippen LogP contribution >= 0.6 is 0 Å². The van der Waals surface area contributed by atoms with E-state index in [9.17, 15) is 14.4 Å². The van der Waals surface area contributed by atoms with E-state index in [1.54, 1.807) is 18.0 Å². The van der Waals surface area contributed by atoms with E-state index in [4.69, 9.17) is 0 Å². The van der Waals surface area contributed by atoms with Crippen LogP contribution in [0.2, 0.25) is 0 Å². The fourth-order valence-corrected chi connectivity index (χ4v) is 4.80. The van der Waals surface area contributed by atoms with Crippen molar-refractivity contribution in [3.8, 4) is 0 Å². The Bertz CT molecular complexity index is 791. The molecule has 3 amide bonds. The number of amides is 3. The molecule has 0 atom stereocenters. The molecule has 1 aliphatic heterocycles. The van der Waals surface area contributed by atoms with Crippen molar-refractivity contribution in [3.05, 3.63) is 29.8 Å². The number of nitrogens with one attached hydrogen (secondary N) is 1. The molecule has 1 heterocycles. The Morgan fingerprint density at radius 2 is 1.57 bits per heavy atom. The topological polar surface area (TPSA) is 69.7 Å². The minimum Gasteiger partial charge on any atom is -0.349 e. The van der Waals surface area contributed by atoms with Crippen molar-refractivity contribution < 1.29 is 14.4 Å². The molecular weight excluding hydrogens is 378 g/mol. The van der Waals surface area contributed by atoms with Crippen LogP contribution in [-0.2, 0) is 9.59 Å². The molecular formula is C24H33N3O3. The Morgan fingerprint density at radius 1 is 0.900 bits per heavy atom. The van der Waals surface area contributed by atoms with Gasteiger partial charge in [-0.1, -0.05) is 31.4 Å². The number of piperidine rings is 1. The Balaban J connectivity index is 1.33. The van der Waals surface area contributed by atoms with Gasteiger partial charge in [-0.3, -0.25) is 14.4 Å². The summed E-state index contributed by atoms with van der Waals surface area (Å²) < 4.78 is 0. The van der Waals surface area contributed by atoms with Crippen LogP contribution in [0.15, 0.2) is 24.3 Å². The number of para-hydroxylation sites is 1. The highest BCUT2D eigenvalue weighted by molar-refractivity contribution is 6.05. The van der Waals surface area contributed by atoms with Crippen molar-refractivity contribution in [1.29, 1.82) is 0 Å². The monoisotopic (exact) mass is 411 g/mol. The third-order valence-electron chi connectivity index (χ3n) is 6.86. The first-order chi connectivity index (χ1) is 14.5. The smallest absolute Gasteiger partial charge is 0.253 e. The summed E-state index contributed by atoms with van der Waals surface area (Å²) in [7, 11) is 1.75. The molecule has 0 unspecified atom stereocenters. The van der Waals surface area contributed by atoms with Crippen molar-refractivity contribution in [1.82, 2.24) is 10.2 Å². The van der Waals surface area contributed by atoms with E-state index in [1.165, 1.54) is 19.3 Å². The Hall–Kier alpha value is -2.37. The highest BCUT2D eigenvalue weighted by Gasteiger charge is 2.34. The summed E-state index contributed by atoms with van der Waals surface area (Å²) in [6.45, 7) is 1.42. The summed E-state index contributed by atoms with van der Waals surface area (Å²) >= 11 is 0. The first-order valence-electron chi connectivity index (χ1n) is 11.5. The molecule has 30 heavy (non-hydrogen) atoms. The van der Waals surface area contributed by atoms with Gasteiger partial charge in [0.25, 0.3) is 5.91 Å². The van der Waals surface area contributed by atoms with E-state index in [0.29, 0.717) is 30.2 Å². The number of carbonyl (C=O) groups excluding carboxylic acids is 3. The van der Waals surface area contributed by atoms with Crippen molar-refractivity contribution in [2.45, 2.75) is 63.8 Å². The van der Waals surface area contributed by atoms with Crippen LogP contribution in [0.4, 0.5) is 5.69 Å². The summed E-state index contributed by atoms with van der Waals surface area (Å²) in [5.41, 5.74) is 1.20. The molecule has 3 fully saturated rings. The molecule has 3 aliphatic rings. The molecule has 1 aromatic carbocycles. The SMILES string of the molecule is CN(C(=O)C1CC1)c1ccccc1C(=O)NC1CCN(C(=O)C2CCCCC2)CC1. The van der Waals surface area contributed by atoms with Crippen molar-refractivity contribution >= 4 is 23.4 Å². The van der Waals surface area contributed by atoms with Gasteiger partial charge < -0.3 is 15.1 Å². The maximum absolute atomic E-state index is 13.0. The average molecular weight is 412 g/mol. The van der Waals surface area contributed by atoms with Gasteiger partial charge in [0.1, 0.15) is 0 Å². The summed E-state index contributed by atoms with van der Waals surface area (Å²) in [5.74, 6) is 0.571. The number of hydrogen-bond donors (Lipinski definition) is 1. The van der Waals surface area contributed by atoms with Gasteiger partial charge in [-0.25, -0.2) is 0 Å². The maximum Gasteiger partial charge on any atom is 0.253 e. The number of anilines is 1. The number of rotatable bonds is 5. The number of likely N-dealkylation sites (tertiary alicyclic amines) is 1. The van der Waals surface area contributed by atoms with E-state index >= 15 is 0 Å². The van der Waals surface area contributed by atoms with Gasteiger partial charge in [-0.2, -0.15) is 0 Å². The van der Waals surface area contributed by atoms with Gasteiger partial charge in [0.05, 0.1) is 11.3 Å². The normalized spacial score (nSPS) is 20.6. The zero-order valence-corrected chi connectivity index (χ0v) is 17.9. The largest absolute Gasteiger partial charge is 0.349 e. The molecule has 2 saturated carbocycles. The van der Waals surface area contributed by atoms with E-state index < -0.39 is 0 Å². The second-order valence-corrected chi connectivity index (χ2v) is 9.10. The number of benzene rings is 1. The lowest BCUT2D eigenvalue weighted by Gasteiger charge is -2.35. The lowest BCUT2D eigenvalue weighted by Crippen LogP contribution is -2.48. The second-order valence-electron chi connectivity index (χ2n) is 9.10. The van der Waals surface area contributed by atoms with Crippen molar-refractivity contribution in [2.24, 2.45) is 11.8 Å². The number of nitrogens with zero attached hydrogens (tertiary/aromatic N) is 2. The zero-order chi connectivity index (χ0) is 21.1. The third kappa shape index (κ3) is 4.68. The lowest BCUT2D eigenvalue weighted by molar-refractivity contribution is -0.137. The quantitative estimate of drug-likeness (QED) is 0.808. The van der Waals surface area contributed by atoms with Crippen LogP contribution in [0.5, 0.6) is 0 Å². The lowest BCUT2D eigenvalue weighted by atomic mass is 9.87. The van der Waals surface area contributed by atoms with E-state index in [1.807, 2.05) is 23.1 Å². The minimum atomic E-state index is -0.141. The fourth-order valence-electron chi connectivity index (χ4n) is 4.80. The van der Waals surface area contributed by atoms with Crippen molar-refractivity contribution in [3.63, 3.8) is 0 Å². The molecule has 6 nitrogen and oxygen atoms in total. The van der Waals surface area contributed by atoms with E-state index in [-0.39, 0.29) is 29.7 Å².